The molecule has 1 aliphatic rings. The Kier molecular flexibility index (Phi) is 6.07. The van der Waals surface area contributed by atoms with Gasteiger partial charge in [-0.2, -0.15) is 0 Å². The molecule has 1 N–H and O–H groups in total. The van der Waals surface area contributed by atoms with Gasteiger partial charge in [-0.15, -0.1) is 11.3 Å². The van der Waals surface area contributed by atoms with E-state index < -0.39 is 0 Å². The largest absolute Gasteiger partial charge is 0.309 e. The van der Waals surface area contributed by atoms with E-state index in [1.54, 1.807) is 0 Å². The first-order valence-electron chi connectivity index (χ1n) is 6.95. The molecule has 106 valence electrons. The van der Waals surface area contributed by atoms with Crippen molar-refractivity contribution in [1.82, 2.24) is 10.2 Å². The maximum absolute atomic E-state index is 3.68. The topological polar surface area (TPSA) is 15.3 Å². The first-order chi connectivity index (χ1) is 9.13. The quantitative estimate of drug-likeness (QED) is 0.812. The van der Waals surface area contributed by atoms with Gasteiger partial charge in [-0.1, -0.05) is 11.6 Å². The fourth-order valence-electron chi connectivity index (χ4n) is 2.32. The number of nitrogens with one attached hydrogen (secondary N) is 1. The lowest BCUT2D eigenvalue weighted by atomic mass is 10.0. The van der Waals surface area contributed by atoms with Crippen LogP contribution in [0.25, 0.3) is 0 Å². The molecule has 0 radical (unpaired) electrons. The van der Waals surface area contributed by atoms with Gasteiger partial charge in [-0.3, -0.25) is 4.90 Å². The van der Waals surface area contributed by atoms with Gasteiger partial charge in [0.2, 0.25) is 0 Å². The molecule has 1 aromatic heterocycles. The van der Waals surface area contributed by atoms with Crippen molar-refractivity contribution in [2.45, 2.75) is 39.3 Å². The maximum Gasteiger partial charge on any atom is 0.0302 e. The molecule has 0 aliphatic carbocycles. The molecular weight excluding hydrogens is 320 g/mol. The molecule has 2 nitrogen and oxygen atoms in total. The Hall–Kier alpha value is -0.160. The van der Waals surface area contributed by atoms with E-state index >= 15 is 0 Å². The Morgan fingerprint density at radius 1 is 1.47 bits per heavy atom. The van der Waals surface area contributed by atoms with Crippen LogP contribution in [0.4, 0.5) is 0 Å². The van der Waals surface area contributed by atoms with Crippen LogP contribution in [-0.4, -0.2) is 30.6 Å². The second kappa shape index (κ2) is 7.58. The van der Waals surface area contributed by atoms with E-state index in [9.17, 15) is 0 Å². The molecule has 2 heterocycles. The summed E-state index contributed by atoms with van der Waals surface area (Å²) in [6.07, 6.45) is 4.86. The van der Waals surface area contributed by atoms with Crippen molar-refractivity contribution in [3.05, 3.63) is 32.4 Å². The van der Waals surface area contributed by atoms with Crippen molar-refractivity contribution in [3.8, 4) is 0 Å². The molecule has 2 rings (SSSR count). The molecular formula is C15H23BrN2S. The Balaban J connectivity index is 1.67. The second-order valence-electron chi connectivity index (χ2n) is 5.47. The van der Waals surface area contributed by atoms with Crippen molar-refractivity contribution < 1.29 is 0 Å². The zero-order valence-corrected chi connectivity index (χ0v) is 14.2. The molecule has 0 saturated carbocycles. The number of hydrogen-bond acceptors (Lipinski definition) is 3. The number of halogens is 1. The van der Waals surface area contributed by atoms with E-state index in [1.165, 1.54) is 40.9 Å². The van der Waals surface area contributed by atoms with Gasteiger partial charge in [0, 0.05) is 33.9 Å². The minimum Gasteiger partial charge on any atom is -0.309 e. The molecule has 0 bridgehead atoms. The average Bonchev–Trinajstić information content (AvgIpc) is 2.81. The molecule has 0 atom stereocenters. The molecule has 0 amide bonds. The third-order valence-electron chi connectivity index (χ3n) is 3.53. The van der Waals surface area contributed by atoms with Gasteiger partial charge in [0.05, 0.1) is 0 Å². The summed E-state index contributed by atoms with van der Waals surface area (Å²) >= 11 is 5.33. The highest BCUT2D eigenvalue weighted by Crippen LogP contribution is 2.20. The van der Waals surface area contributed by atoms with Crippen LogP contribution in [0, 0.1) is 0 Å². The van der Waals surface area contributed by atoms with Crippen LogP contribution in [0.2, 0.25) is 0 Å². The SMILES string of the molecule is CC(C)=CCN1CCC(NCc2cc(Br)cs2)CC1. The lowest BCUT2D eigenvalue weighted by Gasteiger charge is -2.31. The summed E-state index contributed by atoms with van der Waals surface area (Å²) < 4.78 is 1.20. The van der Waals surface area contributed by atoms with Gasteiger partial charge in [0.15, 0.2) is 0 Å². The highest BCUT2D eigenvalue weighted by Gasteiger charge is 2.17. The lowest BCUT2D eigenvalue weighted by molar-refractivity contribution is 0.214. The first kappa shape index (κ1) is 15.2. The van der Waals surface area contributed by atoms with Gasteiger partial charge in [-0.25, -0.2) is 0 Å². The van der Waals surface area contributed by atoms with Crippen molar-refractivity contribution >= 4 is 27.3 Å². The third kappa shape index (κ3) is 5.38. The zero-order valence-electron chi connectivity index (χ0n) is 11.8. The summed E-state index contributed by atoms with van der Waals surface area (Å²) in [6, 6.07) is 2.89. The predicted octanol–water partition coefficient (Wildman–Crippen LogP) is 4.03. The van der Waals surface area contributed by atoms with Crippen molar-refractivity contribution in [1.29, 1.82) is 0 Å². The second-order valence-corrected chi connectivity index (χ2v) is 7.38. The van der Waals surface area contributed by atoms with Crippen molar-refractivity contribution in [2.75, 3.05) is 19.6 Å². The summed E-state index contributed by atoms with van der Waals surface area (Å²) in [5.74, 6) is 0. The highest BCUT2D eigenvalue weighted by atomic mass is 79.9. The molecule has 19 heavy (non-hydrogen) atoms. The van der Waals surface area contributed by atoms with Crippen molar-refractivity contribution in [3.63, 3.8) is 0 Å². The van der Waals surface area contributed by atoms with Crippen LogP contribution >= 0.6 is 27.3 Å². The minimum atomic E-state index is 0.684. The van der Waals surface area contributed by atoms with Crippen LogP contribution in [-0.2, 0) is 6.54 Å². The third-order valence-corrected chi connectivity index (χ3v) is 5.23. The molecule has 0 unspecified atom stereocenters. The van der Waals surface area contributed by atoms with Gasteiger partial charge < -0.3 is 5.32 Å². The van der Waals surface area contributed by atoms with Crippen LogP contribution in [0.15, 0.2) is 27.6 Å². The number of rotatable bonds is 5. The molecule has 1 aliphatic heterocycles. The number of nitrogens with zero attached hydrogens (tertiary/aromatic N) is 1. The average molecular weight is 343 g/mol. The van der Waals surface area contributed by atoms with Crippen LogP contribution in [0.5, 0.6) is 0 Å². The summed E-state index contributed by atoms with van der Waals surface area (Å²) in [5.41, 5.74) is 1.42. The molecule has 1 aromatic rings. The zero-order chi connectivity index (χ0) is 13.7. The van der Waals surface area contributed by atoms with Gasteiger partial charge in [0.1, 0.15) is 0 Å². The first-order valence-corrected chi connectivity index (χ1v) is 8.63. The number of hydrogen-bond donors (Lipinski definition) is 1. The number of thiophene rings is 1. The van der Waals surface area contributed by atoms with E-state index in [0.29, 0.717) is 6.04 Å². The molecule has 0 aromatic carbocycles. The summed E-state index contributed by atoms with van der Waals surface area (Å²) in [7, 11) is 0. The van der Waals surface area contributed by atoms with E-state index in [-0.39, 0.29) is 0 Å². The lowest BCUT2D eigenvalue weighted by Crippen LogP contribution is -2.42. The van der Waals surface area contributed by atoms with Crippen LogP contribution in [0.1, 0.15) is 31.6 Å². The minimum absolute atomic E-state index is 0.684. The van der Waals surface area contributed by atoms with E-state index in [4.69, 9.17) is 0 Å². The normalized spacial score (nSPS) is 17.6. The number of likely N-dealkylation sites (tertiary alicyclic amines) is 1. The Bertz CT molecular complexity index is 416. The fraction of sp³-hybridized carbons (Fsp3) is 0.600. The van der Waals surface area contributed by atoms with Crippen molar-refractivity contribution in [2.24, 2.45) is 0 Å². The summed E-state index contributed by atoms with van der Waals surface area (Å²) in [6.45, 7) is 8.91. The smallest absolute Gasteiger partial charge is 0.0302 e. The summed E-state index contributed by atoms with van der Waals surface area (Å²) in [5, 5.41) is 5.84. The number of piperidine rings is 1. The van der Waals surface area contributed by atoms with Gasteiger partial charge in [0.25, 0.3) is 0 Å². The Morgan fingerprint density at radius 3 is 2.79 bits per heavy atom. The molecule has 0 spiro atoms. The fourth-order valence-corrected chi connectivity index (χ4v) is 3.72. The van der Waals surface area contributed by atoms with Crippen LogP contribution in [0.3, 0.4) is 0 Å². The van der Waals surface area contributed by atoms with Gasteiger partial charge >= 0.3 is 0 Å². The monoisotopic (exact) mass is 342 g/mol. The molecule has 1 fully saturated rings. The van der Waals surface area contributed by atoms with E-state index in [0.717, 1.165) is 13.1 Å². The Labute approximate surface area is 129 Å². The number of allylic oxidation sites excluding steroid dienone is 1. The van der Waals surface area contributed by atoms with Gasteiger partial charge in [-0.05, 0) is 61.8 Å². The summed E-state index contributed by atoms with van der Waals surface area (Å²) in [4.78, 5) is 3.96. The highest BCUT2D eigenvalue weighted by molar-refractivity contribution is 9.10. The Morgan fingerprint density at radius 2 is 2.21 bits per heavy atom. The maximum atomic E-state index is 3.68. The predicted molar refractivity (Wildman–Crippen MR) is 87.8 cm³/mol. The molecule has 1 saturated heterocycles. The molecule has 4 heteroatoms. The van der Waals surface area contributed by atoms with Crippen LogP contribution < -0.4 is 5.32 Å². The standard InChI is InChI=1S/C15H23BrN2S/c1-12(2)3-6-18-7-4-14(5-8-18)17-10-15-9-13(16)11-19-15/h3,9,11,14,17H,4-8,10H2,1-2H3. The van der Waals surface area contributed by atoms with E-state index in [2.05, 4.69) is 57.5 Å². The van der Waals surface area contributed by atoms with E-state index in [1.807, 2.05) is 11.3 Å².